The zero-order valence-corrected chi connectivity index (χ0v) is 9.88. The molecule has 86 valence electrons. The first-order valence-electron chi connectivity index (χ1n) is 4.99. The molecule has 0 saturated carbocycles. The molecule has 2 N–H and O–H groups in total. The van der Waals surface area contributed by atoms with Crippen LogP contribution >= 0.6 is 11.5 Å². The number of nitrogens with one attached hydrogen (secondary N) is 1. The maximum Gasteiger partial charge on any atom is 0.202 e. The van der Waals surface area contributed by atoms with Crippen molar-refractivity contribution >= 4 is 16.7 Å². The van der Waals surface area contributed by atoms with Crippen LogP contribution in [-0.2, 0) is 11.2 Å². The first kappa shape index (κ1) is 12.4. The number of hydrogen-bond acceptors (Lipinski definition) is 6. The molecular formula is C9H17N3O2S. The molecular weight excluding hydrogens is 214 g/mol. The Bertz CT molecular complexity index is 276. The van der Waals surface area contributed by atoms with Crippen molar-refractivity contribution in [2.75, 3.05) is 25.6 Å². The Hall–Kier alpha value is -0.720. The fraction of sp³-hybridized carbons (Fsp3) is 0.778. The number of aliphatic hydroxyl groups is 1. The number of methoxy groups -OCH3 is 1. The van der Waals surface area contributed by atoms with Crippen molar-refractivity contribution in [3.05, 3.63) is 5.82 Å². The molecule has 0 saturated heterocycles. The summed E-state index contributed by atoms with van der Waals surface area (Å²) in [6.07, 6.45) is 1.59. The normalized spacial score (nSPS) is 12.7. The van der Waals surface area contributed by atoms with E-state index >= 15 is 0 Å². The standard InChI is InChI=1S/C9H17N3O2S/c1-3-7(6-13)10-9-11-8(12-15-9)4-5-14-2/h7,13H,3-6H2,1-2H3,(H,10,11,12). The number of hydrogen-bond donors (Lipinski definition) is 2. The van der Waals surface area contributed by atoms with Gasteiger partial charge in [-0.3, -0.25) is 0 Å². The first-order valence-corrected chi connectivity index (χ1v) is 5.76. The molecule has 0 bridgehead atoms. The van der Waals surface area contributed by atoms with Crippen LogP contribution in [0.2, 0.25) is 0 Å². The van der Waals surface area contributed by atoms with E-state index < -0.39 is 0 Å². The second-order valence-electron chi connectivity index (χ2n) is 3.19. The summed E-state index contributed by atoms with van der Waals surface area (Å²) in [6.45, 7) is 2.76. The van der Waals surface area contributed by atoms with E-state index in [9.17, 15) is 0 Å². The second-order valence-corrected chi connectivity index (χ2v) is 3.94. The Labute approximate surface area is 93.7 Å². The van der Waals surface area contributed by atoms with Crippen LogP contribution in [0, 0.1) is 0 Å². The lowest BCUT2D eigenvalue weighted by atomic mass is 10.2. The monoisotopic (exact) mass is 231 g/mol. The lowest BCUT2D eigenvalue weighted by molar-refractivity contribution is 0.201. The van der Waals surface area contributed by atoms with Gasteiger partial charge in [-0.15, -0.1) is 0 Å². The molecule has 0 aliphatic rings. The lowest BCUT2D eigenvalue weighted by Crippen LogP contribution is -2.22. The van der Waals surface area contributed by atoms with Crippen molar-refractivity contribution in [3.63, 3.8) is 0 Å². The first-order chi connectivity index (χ1) is 7.30. The van der Waals surface area contributed by atoms with Gasteiger partial charge < -0.3 is 15.2 Å². The Morgan fingerprint density at radius 2 is 2.40 bits per heavy atom. The zero-order chi connectivity index (χ0) is 11.1. The van der Waals surface area contributed by atoms with E-state index in [1.807, 2.05) is 6.92 Å². The molecule has 0 aromatic carbocycles. The molecule has 1 heterocycles. The number of ether oxygens (including phenoxy) is 1. The van der Waals surface area contributed by atoms with Gasteiger partial charge in [-0.05, 0) is 6.42 Å². The highest BCUT2D eigenvalue weighted by Crippen LogP contribution is 2.13. The maximum atomic E-state index is 9.01. The van der Waals surface area contributed by atoms with Crippen molar-refractivity contribution in [3.8, 4) is 0 Å². The number of aliphatic hydroxyl groups excluding tert-OH is 1. The van der Waals surface area contributed by atoms with E-state index in [1.165, 1.54) is 11.5 Å². The summed E-state index contributed by atoms with van der Waals surface area (Å²) in [7, 11) is 1.66. The second kappa shape index (κ2) is 6.71. The summed E-state index contributed by atoms with van der Waals surface area (Å²) < 4.78 is 9.12. The molecule has 1 rings (SSSR count). The molecule has 1 aromatic rings. The topological polar surface area (TPSA) is 67.3 Å². The highest BCUT2D eigenvalue weighted by molar-refractivity contribution is 7.09. The highest BCUT2D eigenvalue weighted by atomic mass is 32.1. The van der Waals surface area contributed by atoms with Crippen LogP contribution in [0.3, 0.4) is 0 Å². The quantitative estimate of drug-likeness (QED) is 0.730. The van der Waals surface area contributed by atoms with E-state index in [1.54, 1.807) is 7.11 Å². The van der Waals surface area contributed by atoms with Gasteiger partial charge in [-0.25, -0.2) is 4.98 Å². The van der Waals surface area contributed by atoms with Crippen LogP contribution in [0.5, 0.6) is 0 Å². The van der Waals surface area contributed by atoms with Crippen molar-refractivity contribution < 1.29 is 9.84 Å². The van der Waals surface area contributed by atoms with Crippen molar-refractivity contribution in [2.24, 2.45) is 0 Å². The van der Waals surface area contributed by atoms with Gasteiger partial charge in [0.1, 0.15) is 5.82 Å². The number of nitrogens with zero attached hydrogens (tertiary/aromatic N) is 2. The molecule has 0 aliphatic carbocycles. The van der Waals surface area contributed by atoms with Crippen LogP contribution in [0.25, 0.3) is 0 Å². The van der Waals surface area contributed by atoms with Crippen LogP contribution < -0.4 is 5.32 Å². The van der Waals surface area contributed by atoms with Gasteiger partial charge in [0.25, 0.3) is 0 Å². The van der Waals surface area contributed by atoms with Gasteiger partial charge in [0.2, 0.25) is 5.13 Å². The molecule has 0 fully saturated rings. The number of rotatable bonds is 7. The third-order valence-corrected chi connectivity index (χ3v) is 2.72. The van der Waals surface area contributed by atoms with Crippen LogP contribution in [0.4, 0.5) is 5.13 Å². The van der Waals surface area contributed by atoms with E-state index in [2.05, 4.69) is 14.7 Å². The molecule has 0 aliphatic heterocycles. The summed E-state index contributed by atoms with van der Waals surface area (Å²) >= 11 is 1.32. The summed E-state index contributed by atoms with van der Waals surface area (Å²) in [5.74, 6) is 0.789. The molecule has 0 amide bonds. The predicted octanol–water partition coefficient (Wildman–Crippen LogP) is 0.910. The van der Waals surface area contributed by atoms with Gasteiger partial charge in [0, 0.05) is 25.1 Å². The SMILES string of the molecule is CCC(CO)Nc1nc(CCOC)ns1. The Balaban J connectivity index is 2.44. The van der Waals surface area contributed by atoms with Crippen LogP contribution in [0.1, 0.15) is 19.2 Å². The number of aromatic nitrogens is 2. The van der Waals surface area contributed by atoms with Gasteiger partial charge in [-0.2, -0.15) is 4.37 Å². The van der Waals surface area contributed by atoms with Gasteiger partial charge in [0.05, 0.1) is 19.3 Å². The number of anilines is 1. The van der Waals surface area contributed by atoms with Crippen LogP contribution in [-0.4, -0.2) is 40.8 Å². The predicted molar refractivity (Wildman–Crippen MR) is 60.3 cm³/mol. The Morgan fingerprint density at radius 3 is 3.00 bits per heavy atom. The highest BCUT2D eigenvalue weighted by Gasteiger charge is 2.08. The van der Waals surface area contributed by atoms with Crippen LogP contribution in [0.15, 0.2) is 0 Å². The molecule has 6 heteroatoms. The van der Waals surface area contributed by atoms with Crippen molar-refractivity contribution in [1.82, 2.24) is 9.36 Å². The third kappa shape index (κ3) is 4.11. The Morgan fingerprint density at radius 1 is 1.60 bits per heavy atom. The zero-order valence-electron chi connectivity index (χ0n) is 9.06. The summed E-state index contributed by atoms with van der Waals surface area (Å²) in [4.78, 5) is 4.29. The molecule has 0 radical (unpaired) electrons. The average Bonchev–Trinajstić information content (AvgIpc) is 2.70. The summed E-state index contributed by atoms with van der Waals surface area (Å²) in [6, 6.07) is 0.0632. The largest absolute Gasteiger partial charge is 0.394 e. The summed E-state index contributed by atoms with van der Waals surface area (Å²) in [5, 5.41) is 12.9. The van der Waals surface area contributed by atoms with Crippen molar-refractivity contribution in [1.29, 1.82) is 0 Å². The van der Waals surface area contributed by atoms with E-state index in [-0.39, 0.29) is 12.6 Å². The van der Waals surface area contributed by atoms with Gasteiger partial charge in [0.15, 0.2) is 0 Å². The third-order valence-electron chi connectivity index (χ3n) is 2.04. The van der Waals surface area contributed by atoms with Crippen molar-refractivity contribution in [2.45, 2.75) is 25.8 Å². The summed E-state index contributed by atoms with van der Waals surface area (Å²) in [5.41, 5.74) is 0. The molecule has 1 aromatic heterocycles. The molecule has 15 heavy (non-hydrogen) atoms. The van der Waals surface area contributed by atoms with Gasteiger partial charge >= 0.3 is 0 Å². The minimum atomic E-state index is 0.0632. The van der Waals surface area contributed by atoms with E-state index in [0.717, 1.165) is 23.8 Å². The van der Waals surface area contributed by atoms with E-state index in [0.29, 0.717) is 6.61 Å². The maximum absolute atomic E-state index is 9.01. The molecule has 1 atom stereocenters. The molecule has 1 unspecified atom stereocenters. The van der Waals surface area contributed by atoms with E-state index in [4.69, 9.17) is 9.84 Å². The average molecular weight is 231 g/mol. The minimum absolute atomic E-state index is 0.0632. The fourth-order valence-electron chi connectivity index (χ4n) is 1.06. The smallest absolute Gasteiger partial charge is 0.202 e. The fourth-order valence-corrected chi connectivity index (χ4v) is 1.75. The lowest BCUT2D eigenvalue weighted by Gasteiger charge is -2.11. The van der Waals surface area contributed by atoms with Gasteiger partial charge in [-0.1, -0.05) is 6.92 Å². The minimum Gasteiger partial charge on any atom is -0.394 e. The Kier molecular flexibility index (Phi) is 5.52. The molecule has 5 nitrogen and oxygen atoms in total. The molecule has 0 spiro atoms.